The standard InChI is InChI=1S/C26H31NO2/c1-29-25-18-16-24(17-19-25)26(22-12-6-4-7-13-22,23-14-8-5-9-15-23)27-20-10-2-3-11-21-28/h4-9,12-19,27-28H,2-3,10-11,20-21H2,1H3. The van der Waals surface area contributed by atoms with E-state index < -0.39 is 5.54 Å². The van der Waals surface area contributed by atoms with Crippen LogP contribution in [0.2, 0.25) is 0 Å². The topological polar surface area (TPSA) is 41.5 Å². The monoisotopic (exact) mass is 389 g/mol. The minimum absolute atomic E-state index is 0.275. The first-order valence-corrected chi connectivity index (χ1v) is 10.4. The summed E-state index contributed by atoms with van der Waals surface area (Å²) in [6.45, 7) is 1.17. The summed E-state index contributed by atoms with van der Waals surface area (Å²) in [5, 5.41) is 12.9. The lowest BCUT2D eigenvalue weighted by Gasteiger charge is -2.37. The first-order valence-electron chi connectivity index (χ1n) is 10.4. The Balaban J connectivity index is 2.01. The lowest BCUT2D eigenvalue weighted by Crippen LogP contribution is -2.45. The summed E-state index contributed by atoms with van der Waals surface area (Å²) < 4.78 is 5.39. The van der Waals surface area contributed by atoms with E-state index in [2.05, 4.69) is 78.1 Å². The first kappa shape index (κ1) is 21.1. The van der Waals surface area contributed by atoms with Crippen molar-refractivity contribution < 1.29 is 9.84 Å². The Morgan fingerprint density at radius 3 is 1.72 bits per heavy atom. The van der Waals surface area contributed by atoms with Gasteiger partial charge >= 0.3 is 0 Å². The second-order valence-corrected chi connectivity index (χ2v) is 7.28. The lowest BCUT2D eigenvalue weighted by molar-refractivity contribution is 0.282. The Bertz CT molecular complexity index is 792. The molecule has 0 atom stereocenters. The van der Waals surface area contributed by atoms with E-state index in [1.807, 2.05) is 12.1 Å². The first-order chi connectivity index (χ1) is 14.3. The van der Waals surface area contributed by atoms with Gasteiger partial charge in [-0.2, -0.15) is 0 Å². The summed E-state index contributed by atoms with van der Waals surface area (Å²) in [6, 6.07) is 29.6. The Morgan fingerprint density at radius 2 is 1.21 bits per heavy atom. The van der Waals surface area contributed by atoms with Crippen LogP contribution in [-0.4, -0.2) is 25.4 Å². The van der Waals surface area contributed by atoms with E-state index in [9.17, 15) is 0 Å². The maximum Gasteiger partial charge on any atom is 0.118 e. The quantitative estimate of drug-likeness (QED) is 0.353. The zero-order valence-corrected chi connectivity index (χ0v) is 17.2. The molecule has 0 heterocycles. The number of ether oxygens (including phenoxy) is 1. The van der Waals surface area contributed by atoms with E-state index in [-0.39, 0.29) is 6.61 Å². The molecule has 152 valence electrons. The predicted molar refractivity (Wildman–Crippen MR) is 119 cm³/mol. The summed E-state index contributed by atoms with van der Waals surface area (Å²) in [6.07, 6.45) is 4.11. The SMILES string of the molecule is COc1ccc(C(NCCCCCCO)(c2ccccc2)c2ccccc2)cc1. The Kier molecular flexibility index (Phi) is 7.85. The molecule has 0 fully saturated rings. The van der Waals surface area contributed by atoms with Crippen molar-refractivity contribution in [1.29, 1.82) is 0 Å². The number of methoxy groups -OCH3 is 1. The van der Waals surface area contributed by atoms with Crippen molar-refractivity contribution in [1.82, 2.24) is 5.32 Å². The van der Waals surface area contributed by atoms with Crippen molar-refractivity contribution in [2.45, 2.75) is 31.2 Å². The molecular weight excluding hydrogens is 358 g/mol. The smallest absolute Gasteiger partial charge is 0.118 e. The van der Waals surface area contributed by atoms with Crippen LogP contribution in [0.4, 0.5) is 0 Å². The largest absolute Gasteiger partial charge is 0.497 e. The molecule has 3 rings (SSSR count). The molecule has 0 saturated heterocycles. The molecular formula is C26H31NO2. The molecule has 0 aliphatic carbocycles. The second kappa shape index (κ2) is 10.8. The van der Waals surface area contributed by atoms with Crippen molar-refractivity contribution in [3.05, 3.63) is 102 Å². The van der Waals surface area contributed by atoms with E-state index in [0.29, 0.717) is 0 Å². The molecule has 3 heteroatoms. The number of hydrogen-bond donors (Lipinski definition) is 2. The average Bonchev–Trinajstić information content (AvgIpc) is 2.80. The Morgan fingerprint density at radius 1 is 0.690 bits per heavy atom. The number of rotatable bonds is 11. The molecule has 0 aliphatic heterocycles. The fourth-order valence-electron chi connectivity index (χ4n) is 3.89. The minimum atomic E-state index is -0.439. The summed E-state index contributed by atoms with van der Waals surface area (Å²) in [4.78, 5) is 0. The fourth-order valence-corrected chi connectivity index (χ4v) is 3.89. The molecule has 0 spiro atoms. The average molecular weight is 390 g/mol. The number of unbranched alkanes of at least 4 members (excludes halogenated alkanes) is 3. The van der Waals surface area contributed by atoms with Gasteiger partial charge in [-0.25, -0.2) is 0 Å². The predicted octanol–water partition coefficient (Wildman–Crippen LogP) is 5.13. The van der Waals surface area contributed by atoms with Gasteiger partial charge in [-0.1, -0.05) is 85.6 Å². The molecule has 0 aliphatic rings. The van der Waals surface area contributed by atoms with Gasteiger partial charge in [0, 0.05) is 6.61 Å². The van der Waals surface area contributed by atoms with E-state index >= 15 is 0 Å². The van der Waals surface area contributed by atoms with Crippen LogP contribution in [-0.2, 0) is 5.54 Å². The molecule has 0 unspecified atom stereocenters. The third kappa shape index (κ3) is 5.06. The van der Waals surface area contributed by atoms with E-state index in [1.165, 1.54) is 16.7 Å². The zero-order chi connectivity index (χ0) is 20.4. The third-order valence-electron chi connectivity index (χ3n) is 5.41. The van der Waals surface area contributed by atoms with Gasteiger partial charge in [0.15, 0.2) is 0 Å². The molecule has 0 bridgehead atoms. The van der Waals surface area contributed by atoms with Crippen LogP contribution in [0, 0.1) is 0 Å². The van der Waals surface area contributed by atoms with Crippen LogP contribution in [0.1, 0.15) is 42.4 Å². The number of hydrogen-bond acceptors (Lipinski definition) is 3. The van der Waals surface area contributed by atoms with Gasteiger partial charge in [-0.15, -0.1) is 0 Å². The Hall–Kier alpha value is -2.62. The van der Waals surface area contributed by atoms with Crippen LogP contribution in [0.15, 0.2) is 84.9 Å². The van der Waals surface area contributed by atoms with E-state index in [1.54, 1.807) is 7.11 Å². The zero-order valence-electron chi connectivity index (χ0n) is 17.2. The van der Waals surface area contributed by atoms with Crippen molar-refractivity contribution in [3.8, 4) is 5.75 Å². The molecule has 0 saturated carbocycles. The summed E-state index contributed by atoms with van der Waals surface area (Å²) in [5.74, 6) is 0.854. The molecule has 3 nitrogen and oxygen atoms in total. The molecule has 3 aromatic carbocycles. The maximum absolute atomic E-state index is 9.01. The van der Waals surface area contributed by atoms with Crippen molar-refractivity contribution in [2.75, 3.05) is 20.3 Å². The summed E-state index contributed by atoms with van der Waals surface area (Å²) in [5.41, 5.74) is 3.18. The highest BCUT2D eigenvalue weighted by molar-refractivity contribution is 5.50. The van der Waals surface area contributed by atoms with Crippen molar-refractivity contribution >= 4 is 0 Å². The molecule has 29 heavy (non-hydrogen) atoms. The number of nitrogens with one attached hydrogen (secondary N) is 1. The van der Waals surface area contributed by atoms with Gasteiger partial charge in [0.1, 0.15) is 5.75 Å². The van der Waals surface area contributed by atoms with Crippen LogP contribution in [0.3, 0.4) is 0 Å². The molecule has 0 amide bonds. The maximum atomic E-state index is 9.01. The van der Waals surface area contributed by atoms with Crippen LogP contribution in [0.25, 0.3) is 0 Å². The van der Waals surface area contributed by atoms with Gasteiger partial charge in [0.25, 0.3) is 0 Å². The second-order valence-electron chi connectivity index (χ2n) is 7.28. The van der Waals surface area contributed by atoms with Gasteiger partial charge in [-0.3, -0.25) is 5.32 Å². The van der Waals surface area contributed by atoms with Crippen LogP contribution < -0.4 is 10.1 Å². The Labute approximate surface area is 174 Å². The molecule has 0 aromatic heterocycles. The highest BCUT2D eigenvalue weighted by Gasteiger charge is 2.35. The molecule has 0 radical (unpaired) electrons. The number of aliphatic hydroxyl groups excluding tert-OH is 1. The van der Waals surface area contributed by atoms with Crippen molar-refractivity contribution in [3.63, 3.8) is 0 Å². The summed E-state index contributed by atoms with van der Waals surface area (Å²) in [7, 11) is 1.70. The lowest BCUT2D eigenvalue weighted by atomic mass is 9.77. The van der Waals surface area contributed by atoms with Crippen molar-refractivity contribution in [2.24, 2.45) is 0 Å². The van der Waals surface area contributed by atoms with Gasteiger partial charge in [-0.05, 0) is 48.2 Å². The minimum Gasteiger partial charge on any atom is -0.497 e. The molecule has 2 N–H and O–H groups in total. The van der Waals surface area contributed by atoms with Gasteiger partial charge < -0.3 is 9.84 Å². The molecule has 3 aromatic rings. The highest BCUT2D eigenvalue weighted by Crippen LogP contribution is 2.37. The normalized spacial score (nSPS) is 11.4. The van der Waals surface area contributed by atoms with E-state index in [4.69, 9.17) is 9.84 Å². The van der Waals surface area contributed by atoms with Crippen LogP contribution >= 0.6 is 0 Å². The van der Waals surface area contributed by atoms with Gasteiger partial charge in [0.2, 0.25) is 0 Å². The van der Waals surface area contributed by atoms with Gasteiger partial charge in [0.05, 0.1) is 12.6 Å². The highest BCUT2D eigenvalue weighted by atomic mass is 16.5. The number of benzene rings is 3. The number of aliphatic hydroxyl groups is 1. The van der Waals surface area contributed by atoms with Crippen LogP contribution in [0.5, 0.6) is 5.75 Å². The fraction of sp³-hybridized carbons (Fsp3) is 0.308. The summed E-state index contributed by atoms with van der Waals surface area (Å²) >= 11 is 0. The third-order valence-corrected chi connectivity index (χ3v) is 5.41. The van der Waals surface area contributed by atoms with E-state index in [0.717, 1.165) is 38.0 Å².